The van der Waals surface area contributed by atoms with E-state index in [2.05, 4.69) is 15.3 Å². The van der Waals surface area contributed by atoms with Gasteiger partial charge in [-0.3, -0.25) is 0 Å². The van der Waals surface area contributed by atoms with Gasteiger partial charge in [0.2, 0.25) is 4.77 Å². The summed E-state index contributed by atoms with van der Waals surface area (Å²) in [6.07, 6.45) is 1.60. The third-order valence-corrected chi connectivity index (χ3v) is 3.30. The lowest BCUT2D eigenvalue weighted by Gasteiger charge is -2.03. The number of methoxy groups -OCH3 is 1. The number of benzene rings is 1. The first-order valence-corrected chi connectivity index (χ1v) is 7.01. The topological polar surface area (TPSA) is 68.3 Å². The molecule has 0 unspecified atom stereocenters. The molecule has 22 heavy (non-hydrogen) atoms. The van der Waals surface area contributed by atoms with E-state index in [9.17, 15) is 0 Å². The SMILES string of the molecule is COc1cccc(-c2n[nH]c(=S)n2N=Cc2ccc(C)o2)c1. The summed E-state index contributed by atoms with van der Waals surface area (Å²) in [7, 11) is 1.62. The first-order chi connectivity index (χ1) is 10.7. The van der Waals surface area contributed by atoms with Gasteiger partial charge < -0.3 is 9.15 Å². The van der Waals surface area contributed by atoms with Gasteiger partial charge in [-0.15, -0.1) is 0 Å². The Labute approximate surface area is 132 Å². The molecule has 0 aliphatic carbocycles. The van der Waals surface area contributed by atoms with Gasteiger partial charge in [0, 0.05) is 5.56 Å². The Morgan fingerprint density at radius 1 is 1.36 bits per heavy atom. The number of ether oxygens (including phenoxy) is 1. The molecule has 0 spiro atoms. The average Bonchev–Trinajstić information content (AvgIpc) is 3.11. The summed E-state index contributed by atoms with van der Waals surface area (Å²) >= 11 is 5.22. The zero-order chi connectivity index (χ0) is 15.5. The quantitative estimate of drug-likeness (QED) is 0.592. The molecule has 0 fully saturated rings. The van der Waals surface area contributed by atoms with Crippen molar-refractivity contribution in [2.75, 3.05) is 7.11 Å². The van der Waals surface area contributed by atoms with E-state index in [1.165, 1.54) is 0 Å². The Kier molecular flexibility index (Phi) is 3.88. The van der Waals surface area contributed by atoms with Gasteiger partial charge in [-0.25, -0.2) is 5.10 Å². The van der Waals surface area contributed by atoms with Crippen molar-refractivity contribution < 1.29 is 9.15 Å². The second-order valence-electron chi connectivity index (χ2n) is 4.59. The van der Waals surface area contributed by atoms with Gasteiger partial charge in [0.1, 0.15) is 17.3 Å². The molecule has 0 saturated carbocycles. The molecule has 2 heterocycles. The Hall–Kier alpha value is -2.67. The molecule has 3 aromatic rings. The molecule has 3 rings (SSSR count). The highest BCUT2D eigenvalue weighted by atomic mass is 32.1. The van der Waals surface area contributed by atoms with Gasteiger partial charge in [0.25, 0.3) is 0 Å². The molecule has 112 valence electrons. The van der Waals surface area contributed by atoms with Crippen molar-refractivity contribution in [2.24, 2.45) is 5.10 Å². The lowest BCUT2D eigenvalue weighted by molar-refractivity contribution is 0.415. The molecule has 6 nitrogen and oxygen atoms in total. The van der Waals surface area contributed by atoms with Gasteiger partial charge in [0.15, 0.2) is 5.82 Å². The third-order valence-electron chi connectivity index (χ3n) is 3.04. The van der Waals surface area contributed by atoms with Crippen molar-refractivity contribution in [1.29, 1.82) is 0 Å². The second kappa shape index (κ2) is 5.98. The van der Waals surface area contributed by atoms with Gasteiger partial charge in [-0.1, -0.05) is 12.1 Å². The largest absolute Gasteiger partial charge is 0.497 e. The van der Waals surface area contributed by atoms with Gasteiger partial charge in [0.05, 0.1) is 13.3 Å². The second-order valence-corrected chi connectivity index (χ2v) is 4.98. The molecule has 1 aromatic carbocycles. The number of nitrogens with zero attached hydrogens (tertiary/aromatic N) is 3. The molecule has 7 heteroatoms. The Bertz CT molecular complexity index is 876. The van der Waals surface area contributed by atoms with Crippen LogP contribution in [0.25, 0.3) is 11.4 Å². The molecule has 0 aliphatic rings. The van der Waals surface area contributed by atoms with Gasteiger partial charge in [-0.05, 0) is 43.4 Å². The highest BCUT2D eigenvalue weighted by Crippen LogP contribution is 2.22. The lowest BCUT2D eigenvalue weighted by Crippen LogP contribution is -1.95. The molecule has 0 aliphatic heterocycles. The number of aromatic amines is 1. The number of nitrogens with one attached hydrogen (secondary N) is 1. The van der Waals surface area contributed by atoms with Crippen LogP contribution in [-0.2, 0) is 0 Å². The monoisotopic (exact) mass is 314 g/mol. The van der Waals surface area contributed by atoms with E-state index < -0.39 is 0 Å². The van der Waals surface area contributed by atoms with E-state index in [4.69, 9.17) is 21.4 Å². The predicted octanol–water partition coefficient (Wildman–Crippen LogP) is 3.40. The molecule has 0 radical (unpaired) electrons. The van der Waals surface area contributed by atoms with E-state index in [1.54, 1.807) is 18.0 Å². The fourth-order valence-corrected chi connectivity index (χ4v) is 2.16. The number of hydrogen-bond acceptors (Lipinski definition) is 5. The first kappa shape index (κ1) is 14.3. The van der Waals surface area contributed by atoms with Crippen LogP contribution in [0, 0.1) is 11.7 Å². The van der Waals surface area contributed by atoms with Crippen LogP contribution in [0.3, 0.4) is 0 Å². The van der Waals surface area contributed by atoms with Crippen LogP contribution in [0.1, 0.15) is 11.5 Å². The Balaban J connectivity index is 2.00. The van der Waals surface area contributed by atoms with E-state index >= 15 is 0 Å². The standard InChI is InChI=1S/C15H14N4O2S/c1-10-6-7-13(21-10)9-16-19-14(17-18-15(19)22)11-4-3-5-12(8-11)20-2/h3-9H,1-2H3,(H,18,22). The van der Waals surface area contributed by atoms with Crippen molar-refractivity contribution in [1.82, 2.24) is 14.9 Å². The molecule has 0 atom stereocenters. The van der Waals surface area contributed by atoms with E-state index in [0.29, 0.717) is 16.4 Å². The highest BCUT2D eigenvalue weighted by molar-refractivity contribution is 7.71. The number of aromatic nitrogens is 3. The van der Waals surface area contributed by atoms with Crippen LogP contribution in [0.2, 0.25) is 0 Å². The summed E-state index contributed by atoms with van der Waals surface area (Å²) in [5.41, 5.74) is 0.847. The van der Waals surface area contributed by atoms with Crippen molar-refractivity contribution in [3.63, 3.8) is 0 Å². The van der Waals surface area contributed by atoms with Crippen molar-refractivity contribution in [3.05, 3.63) is 52.7 Å². The molecule has 1 N–H and O–H groups in total. The first-order valence-electron chi connectivity index (χ1n) is 6.60. The minimum atomic E-state index is 0.400. The number of H-pyrrole nitrogens is 1. The van der Waals surface area contributed by atoms with Crippen molar-refractivity contribution >= 4 is 18.4 Å². The number of hydrogen-bond donors (Lipinski definition) is 1. The minimum Gasteiger partial charge on any atom is -0.497 e. The molecule has 0 saturated heterocycles. The summed E-state index contributed by atoms with van der Waals surface area (Å²) in [5, 5.41) is 11.3. The number of rotatable bonds is 4. The molecule has 0 amide bonds. The molecule has 2 aromatic heterocycles. The maximum Gasteiger partial charge on any atom is 0.216 e. The maximum absolute atomic E-state index is 5.46. The fourth-order valence-electron chi connectivity index (χ4n) is 1.99. The molecular weight excluding hydrogens is 300 g/mol. The van der Waals surface area contributed by atoms with Crippen molar-refractivity contribution in [3.8, 4) is 17.1 Å². The minimum absolute atomic E-state index is 0.400. The predicted molar refractivity (Wildman–Crippen MR) is 85.8 cm³/mol. The van der Waals surface area contributed by atoms with Crippen LogP contribution in [-0.4, -0.2) is 28.2 Å². The molecule has 0 bridgehead atoms. The van der Waals surface area contributed by atoms with Gasteiger partial charge >= 0.3 is 0 Å². The highest BCUT2D eigenvalue weighted by Gasteiger charge is 2.09. The Morgan fingerprint density at radius 3 is 2.95 bits per heavy atom. The summed E-state index contributed by atoms with van der Waals surface area (Å²) in [4.78, 5) is 0. The normalized spacial score (nSPS) is 11.2. The van der Waals surface area contributed by atoms with Crippen LogP contribution in [0.5, 0.6) is 5.75 Å². The van der Waals surface area contributed by atoms with E-state index in [-0.39, 0.29) is 0 Å². The van der Waals surface area contributed by atoms with Crippen molar-refractivity contribution in [2.45, 2.75) is 6.92 Å². The summed E-state index contributed by atoms with van der Waals surface area (Å²) in [5.74, 6) is 2.81. The summed E-state index contributed by atoms with van der Waals surface area (Å²) < 4.78 is 12.6. The zero-order valence-corrected chi connectivity index (χ0v) is 12.9. The fraction of sp³-hybridized carbons (Fsp3) is 0.133. The lowest BCUT2D eigenvalue weighted by atomic mass is 10.2. The summed E-state index contributed by atoms with van der Waals surface area (Å²) in [6, 6.07) is 11.2. The number of furan rings is 1. The van der Waals surface area contributed by atoms with E-state index in [0.717, 1.165) is 17.1 Å². The Morgan fingerprint density at radius 2 is 2.23 bits per heavy atom. The van der Waals surface area contributed by atoms with Crippen LogP contribution in [0.15, 0.2) is 45.9 Å². The smallest absolute Gasteiger partial charge is 0.216 e. The zero-order valence-electron chi connectivity index (χ0n) is 12.1. The number of aryl methyl sites for hydroxylation is 1. The van der Waals surface area contributed by atoms with Crippen LogP contribution >= 0.6 is 12.2 Å². The van der Waals surface area contributed by atoms with Crippen LogP contribution in [0.4, 0.5) is 0 Å². The van der Waals surface area contributed by atoms with Gasteiger partial charge in [-0.2, -0.15) is 14.9 Å². The third kappa shape index (κ3) is 2.84. The summed E-state index contributed by atoms with van der Waals surface area (Å²) in [6.45, 7) is 1.88. The average molecular weight is 314 g/mol. The maximum atomic E-state index is 5.46. The van der Waals surface area contributed by atoms with Crippen LogP contribution < -0.4 is 4.74 Å². The molecular formula is C15H14N4O2S. The van der Waals surface area contributed by atoms with E-state index in [1.807, 2.05) is 43.3 Å².